The molecule has 172 valence electrons. The molecule has 0 spiro atoms. The van der Waals surface area contributed by atoms with Crippen molar-refractivity contribution in [1.82, 2.24) is 5.32 Å². The van der Waals surface area contributed by atoms with E-state index in [1.54, 1.807) is 18.4 Å². The number of esters is 1. The van der Waals surface area contributed by atoms with E-state index in [4.69, 9.17) is 9.47 Å². The number of hydrogen-bond donors (Lipinski definition) is 1. The zero-order valence-corrected chi connectivity index (χ0v) is 19.9. The van der Waals surface area contributed by atoms with Crippen LogP contribution in [0.25, 0.3) is 0 Å². The first-order chi connectivity index (χ1) is 16.1. The van der Waals surface area contributed by atoms with Crippen molar-refractivity contribution in [1.29, 1.82) is 0 Å². The van der Waals surface area contributed by atoms with Gasteiger partial charge in [-0.3, -0.25) is 4.79 Å². The Labute approximate surface area is 198 Å². The molecule has 2 aliphatic carbocycles. The number of carbonyl (C=O) groups excluding carboxylic acids is 2. The summed E-state index contributed by atoms with van der Waals surface area (Å²) in [5.41, 5.74) is 5.00. The van der Waals surface area contributed by atoms with Gasteiger partial charge in [0.1, 0.15) is 11.9 Å². The number of hydrogen-bond acceptors (Lipinski definition) is 6. The van der Waals surface area contributed by atoms with Gasteiger partial charge in [-0.2, -0.15) is 11.3 Å². The van der Waals surface area contributed by atoms with E-state index >= 15 is 0 Å². The average Bonchev–Trinajstić information content (AvgIpc) is 3.52. The van der Waals surface area contributed by atoms with Gasteiger partial charge >= 0.3 is 5.97 Å². The van der Waals surface area contributed by atoms with Crippen LogP contribution in [-0.2, 0) is 14.3 Å². The third-order valence-electron chi connectivity index (χ3n) is 7.08. The quantitative estimate of drug-likeness (QED) is 0.585. The molecule has 0 radical (unpaired) electrons. The van der Waals surface area contributed by atoms with E-state index in [0.29, 0.717) is 24.0 Å². The average molecular weight is 464 g/mol. The summed E-state index contributed by atoms with van der Waals surface area (Å²) in [6, 6.07) is 9.92. The maximum absolute atomic E-state index is 13.6. The van der Waals surface area contributed by atoms with Gasteiger partial charge in [-0.25, -0.2) is 4.79 Å². The highest BCUT2D eigenvalue weighted by Gasteiger charge is 2.42. The van der Waals surface area contributed by atoms with Crippen molar-refractivity contribution in [3.63, 3.8) is 0 Å². The monoisotopic (exact) mass is 463 g/mol. The summed E-state index contributed by atoms with van der Waals surface area (Å²) in [6.07, 6.45) is 5.11. The maximum atomic E-state index is 13.6. The highest BCUT2D eigenvalue weighted by atomic mass is 32.1. The third-order valence-corrected chi connectivity index (χ3v) is 7.78. The standard InChI is InChI=1S/C27H29NO4S/c1-16-24(27(30)32-19-7-3-4-8-19)25(17-11-12-33-15-17)26-21(28-16)13-18(14-22(26)29)20-9-5-6-10-23(20)31-2/h5-6,9-12,15,18-19,25,28H,3-4,7-8,13-14H2,1-2H3/t18-,25+/m0/s1. The van der Waals surface area contributed by atoms with E-state index < -0.39 is 0 Å². The summed E-state index contributed by atoms with van der Waals surface area (Å²) in [7, 11) is 1.66. The van der Waals surface area contributed by atoms with Crippen molar-refractivity contribution in [3.05, 3.63) is 74.8 Å². The first-order valence-corrected chi connectivity index (χ1v) is 12.6. The minimum absolute atomic E-state index is 0.0201. The van der Waals surface area contributed by atoms with Crippen molar-refractivity contribution >= 4 is 23.1 Å². The number of nitrogens with one attached hydrogen (secondary N) is 1. The molecule has 6 heteroatoms. The van der Waals surface area contributed by atoms with E-state index in [9.17, 15) is 9.59 Å². The molecular formula is C27H29NO4S. The number of ketones is 1. The summed E-state index contributed by atoms with van der Waals surface area (Å²) in [4.78, 5) is 27.0. The Hall–Kier alpha value is -2.86. The molecule has 1 aromatic carbocycles. The van der Waals surface area contributed by atoms with Crippen LogP contribution >= 0.6 is 11.3 Å². The number of carbonyl (C=O) groups is 2. The smallest absolute Gasteiger partial charge is 0.337 e. The molecule has 2 heterocycles. The van der Waals surface area contributed by atoms with Crippen LogP contribution in [0.15, 0.2) is 63.6 Å². The van der Waals surface area contributed by atoms with Gasteiger partial charge in [0.25, 0.3) is 0 Å². The molecule has 2 aromatic rings. The summed E-state index contributed by atoms with van der Waals surface area (Å²) < 4.78 is 11.5. The minimum atomic E-state index is -0.382. The van der Waals surface area contributed by atoms with E-state index in [2.05, 4.69) is 5.32 Å². The second kappa shape index (κ2) is 9.18. The molecule has 1 aromatic heterocycles. The summed E-state index contributed by atoms with van der Waals surface area (Å²) in [6.45, 7) is 1.92. The Kier molecular flexibility index (Phi) is 6.11. The Balaban J connectivity index is 1.51. The number of ether oxygens (including phenoxy) is 2. The second-order valence-electron chi connectivity index (χ2n) is 9.13. The third kappa shape index (κ3) is 4.12. The molecule has 0 bridgehead atoms. The van der Waals surface area contributed by atoms with Crippen LogP contribution in [0.3, 0.4) is 0 Å². The molecule has 1 aliphatic heterocycles. The van der Waals surface area contributed by atoms with E-state index in [1.807, 2.05) is 48.0 Å². The molecule has 5 rings (SSSR count). The van der Waals surface area contributed by atoms with Crippen molar-refractivity contribution in [2.24, 2.45) is 0 Å². The number of Topliss-reactive ketones (excluding diaryl/α,β-unsaturated/α-hetero) is 1. The molecule has 1 saturated carbocycles. The maximum Gasteiger partial charge on any atom is 0.337 e. The molecular weight excluding hydrogens is 434 g/mol. The zero-order chi connectivity index (χ0) is 22.9. The van der Waals surface area contributed by atoms with Crippen LogP contribution in [0.2, 0.25) is 0 Å². The fraction of sp³-hybridized carbons (Fsp3) is 0.407. The van der Waals surface area contributed by atoms with Crippen molar-refractivity contribution in [2.75, 3.05) is 7.11 Å². The number of thiophene rings is 1. The van der Waals surface area contributed by atoms with Crippen LogP contribution < -0.4 is 10.1 Å². The van der Waals surface area contributed by atoms with Gasteiger partial charge in [0, 0.05) is 35.2 Å². The van der Waals surface area contributed by atoms with Crippen LogP contribution in [-0.4, -0.2) is 25.0 Å². The molecule has 5 nitrogen and oxygen atoms in total. The Morgan fingerprint density at radius 3 is 2.64 bits per heavy atom. The second-order valence-corrected chi connectivity index (χ2v) is 9.91. The highest BCUT2D eigenvalue weighted by molar-refractivity contribution is 7.08. The van der Waals surface area contributed by atoms with Gasteiger partial charge in [0.05, 0.1) is 12.7 Å². The van der Waals surface area contributed by atoms with Crippen LogP contribution in [0.1, 0.15) is 68.4 Å². The van der Waals surface area contributed by atoms with Gasteiger partial charge in [0.15, 0.2) is 5.78 Å². The number of rotatable bonds is 5. The topological polar surface area (TPSA) is 64.6 Å². The lowest BCUT2D eigenvalue weighted by molar-refractivity contribution is -0.144. The highest BCUT2D eigenvalue weighted by Crippen LogP contribution is 2.47. The lowest BCUT2D eigenvalue weighted by Crippen LogP contribution is -2.36. The first-order valence-electron chi connectivity index (χ1n) is 11.7. The number of allylic oxidation sites excluding steroid dienone is 3. The summed E-state index contributed by atoms with van der Waals surface area (Å²) >= 11 is 1.58. The SMILES string of the molecule is COc1ccccc1[C@@H]1CC(=O)C2=C(C1)NC(C)=C(C(=O)OC1CCCC1)[C@H]2c1ccsc1. The Morgan fingerprint density at radius 2 is 1.91 bits per heavy atom. The zero-order valence-electron chi connectivity index (χ0n) is 19.1. The molecule has 0 amide bonds. The summed E-state index contributed by atoms with van der Waals surface area (Å²) in [5.74, 6) is 0.233. The summed E-state index contributed by atoms with van der Waals surface area (Å²) in [5, 5.41) is 7.47. The number of para-hydroxylation sites is 1. The number of methoxy groups -OCH3 is 1. The molecule has 1 fully saturated rings. The largest absolute Gasteiger partial charge is 0.496 e. The van der Waals surface area contributed by atoms with Crippen molar-refractivity contribution in [2.45, 2.75) is 63.4 Å². The predicted molar refractivity (Wildman–Crippen MR) is 128 cm³/mol. The Bertz CT molecular complexity index is 1120. The fourth-order valence-electron chi connectivity index (χ4n) is 5.53. The first kappa shape index (κ1) is 22.0. The van der Waals surface area contributed by atoms with Crippen molar-refractivity contribution < 1.29 is 19.1 Å². The molecule has 3 aliphatic rings. The lowest BCUT2D eigenvalue weighted by atomic mass is 9.72. The van der Waals surface area contributed by atoms with E-state index in [-0.39, 0.29) is 29.7 Å². The minimum Gasteiger partial charge on any atom is -0.496 e. The fourth-order valence-corrected chi connectivity index (χ4v) is 6.21. The molecule has 0 saturated heterocycles. The van der Waals surface area contributed by atoms with Gasteiger partial charge in [-0.15, -0.1) is 0 Å². The van der Waals surface area contributed by atoms with E-state index in [1.165, 1.54) is 0 Å². The van der Waals surface area contributed by atoms with Gasteiger partial charge < -0.3 is 14.8 Å². The van der Waals surface area contributed by atoms with Crippen molar-refractivity contribution in [3.8, 4) is 5.75 Å². The van der Waals surface area contributed by atoms with Crippen LogP contribution in [0, 0.1) is 0 Å². The van der Waals surface area contributed by atoms with E-state index in [0.717, 1.165) is 54.0 Å². The molecule has 1 N–H and O–H groups in total. The number of dihydropyridines is 1. The Morgan fingerprint density at radius 1 is 1.12 bits per heavy atom. The van der Waals surface area contributed by atoms with Crippen LogP contribution in [0.4, 0.5) is 0 Å². The molecule has 33 heavy (non-hydrogen) atoms. The van der Waals surface area contributed by atoms with Gasteiger partial charge in [-0.1, -0.05) is 18.2 Å². The van der Waals surface area contributed by atoms with Gasteiger partial charge in [0.2, 0.25) is 0 Å². The molecule has 2 atom stereocenters. The van der Waals surface area contributed by atoms with Crippen LogP contribution in [0.5, 0.6) is 5.75 Å². The van der Waals surface area contributed by atoms with Gasteiger partial charge in [-0.05, 0) is 73.0 Å². The predicted octanol–water partition coefficient (Wildman–Crippen LogP) is 5.60. The lowest BCUT2D eigenvalue weighted by Gasteiger charge is -2.36. The normalized spacial score (nSPS) is 23.4. The molecule has 0 unspecified atom stereocenters. The number of benzene rings is 1.